The van der Waals surface area contributed by atoms with E-state index in [1.807, 2.05) is 6.07 Å². The summed E-state index contributed by atoms with van der Waals surface area (Å²) >= 11 is 0. The molecule has 1 aromatic carbocycles. The maximum Gasteiger partial charge on any atom is 0.359 e. The van der Waals surface area contributed by atoms with Gasteiger partial charge in [0.25, 0.3) is 5.91 Å². The van der Waals surface area contributed by atoms with Gasteiger partial charge in [0.15, 0.2) is 5.69 Å². The Morgan fingerprint density at radius 2 is 1.95 bits per heavy atom. The maximum atomic E-state index is 11.8. The molecule has 0 aliphatic rings. The zero-order chi connectivity index (χ0) is 14.7. The SMILES string of the molecule is CCOC(=O)c1nn(-c2ccccc2)c(N)c1C(N)=O. The molecule has 7 nitrogen and oxygen atoms in total. The summed E-state index contributed by atoms with van der Waals surface area (Å²) in [7, 11) is 0. The van der Waals surface area contributed by atoms with E-state index in [0.717, 1.165) is 0 Å². The number of rotatable bonds is 4. The Kier molecular flexibility index (Phi) is 3.69. The third-order valence-electron chi connectivity index (χ3n) is 2.64. The fourth-order valence-corrected chi connectivity index (χ4v) is 1.78. The minimum absolute atomic E-state index is 0.00625. The zero-order valence-corrected chi connectivity index (χ0v) is 10.9. The molecule has 0 radical (unpaired) electrons. The number of carbonyl (C=O) groups is 2. The average molecular weight is 274 g/mol. The smallest absolute Gasteiger partial charge is 0.359 e. The van der Waals surface area contributed by atoms with Gasteiger partial charge in [0.05, 0.1) is 12.3 Å². The van der Waals surface area contributed by atoms with E-state index >= 15 is 0 Å². The Hall–Kier alpha value is -2.83. The van der Waals surface area contributed by atoms with E-state index in [4.69, 9.17) is 16.2 Å². The lowest BCUT2D eigenvalue weighted by molar-refractivity contribution is 0.0516. The van der Waals surface area contributed by atoms with Crippen LogP contribution in [0.3, 0.4) is 0 Å². The van der Waals surface area contributed by atoms with Crippen molar-refractivity contribution in [2.24, 2.45) is 5.73 Å². The van der Waals surface area contributed by atoms with Gasteiger partial charge in [-0.05, 0) is 19.1 Å². The average Bonchev–Trinajstić information content (AvgIpc) is 2.78. The fraction of sp³-hybridized carbons (Fsp3) is 0.154. The number of nitrogens with zero attached hydrogens (tertiary/aromatic N) is 2. The molecule has 4 N–H and O–H groups in total. The molecule has 0 saturated heterocycles. The first-order chi connectivity index (χ1) is 9.56. The van der Waals surface area contributed by atoms with Crippen LogP contribution in [0.2, 0.25) is 0 Å². The van der Waals surface area contributed by atoms with Crippen LogP contribution in [0.1, 0.15) is 27.8 Å². The minimum atomic E-state index is -0.826. The number of carbonyl (C=O) groups excluding carboxylic acids is 2. The van der Waals surface area contributed by atoms with Crippen LogP contribution >= 0.6 is 0 Å². The Morgan fingerprint density at radius 3 is 2.50 bits per heavy atom. The molecule has 0 fully saturated rings. The van der Waals surface area contributed by atoms with Crippen LogP contribution in [0.5, 0.6) is 0 Å². The first-order valence-electron chi connectivity index (χ1n) is 5.97. The minimum Gasteiger partial charge on any atom is -0.461 e. The van der Waals surface area contributed by atoms with Gasteiger partial charge >= 0.3 is 5.97 Å². The number of anilines is 1. The molecular weight excluding hydrogens is 260 g/mol. The van der Waals surface area contributed by atoms with E-state index < -0.39 is 11.9 Å². The molecule has 1 amide bonds. The van der Waals surface area contributed by atoms with Crippen molar-refractivity contribution in [1.82, 2.24) is 9.78 Å². The second-order valence-electron chi connectivity index (χ2n) is 3.94. The summed E-state index contributed by atoms with van der Waals surface area (Å²) in [5, 5.41) is 4.04. The summed E-state index contributed by atoms with van der Waals surface area (Å²) in [6.45, 7) is 1.81. The zero-order valence-electron chi connectivity index (χ0n) is 10.9. The van der Waals surface area contributed by atoms with Crippen molar-refractivity contribution in [3.8, 4) is 5.69 Å². The molecule has 1 heterocycles. The van der Waals surface area contributed by atoms with Crippen molar-refractivity contribution >= 4 is 17.7 Å². The Bertz CT molecular complexity index is 649. The molecule has 1 aromatic heterocycles. The quantitative estimate of drug-likeness (QED) is 0.798. The highest BCUT2D eigenvalue weighted by molar-refractivity contribution is 6.07. The van der Waals surface area contributed by atoms with Gasteiger partial charge in [0.1, 0.15) is 11.4 Å². The number of esters is 1. The number of amides is 1. The molecule has 0 bridgehead atoms. The highest BCUT2D eigenvalue weighted by Gasteiger charge is 2.26. The Morgan fingerprint density at radius 1 is 1.30 bits per heavy atom. The van der Waals surface area contributed by atoms with Gasteiger partial charge in [-0.1, -0.05) is 18.2 Å². The summed E-state index contributed by atoms with van der Waals surface area (Å²) < 4.78 is 6.13. The van der Waals surface area contributed by atoms with E-state index in [9.17, 15) is 9.59 Å². The van der Waals surface area contributed by atoms with Crippen LogP contribution in [0.4, 0.5) is 5.82 Å². The van der Waals surface area contributed by atoms with Crippen molar-refractivity contribution in [2.45, 2.75) is 6.92 Å². The number of aromatic nitrogens is 2. The van der Waals surface area contributed by atoms with Gasteiger partial charge in [-0.2, -0.15) is 5.10 Å². The van der Waals surface area contributed by atoms with Gasteiger partial charge in [-0.25, -0.2) is 9.48 Å². The van der Waals surface area contributed by atoms with Crippen LogP contribution in [0.15, 0.2) is 30.3 Å². The van der Waals surface area contributed by atoms with E-state index in [2.05, 4.69) is 5.10 Å². The molecular formula is C13H14N4O3. The van der Waals surface area contributed by atoms with Crippen LogP contribution in [0.25, 0.3) is 5.69 Å². The first kappa shape index (κ1) is 13.6. The predicted octanol–water partition coefficient (Wildman–Crippen LogP) is 0.730. The van der Waals surface area contributed by atoms with E-state index in [1.165, 1.54) is 4.68 Å². The normalized spacial score (nSPS) is 10.2. The molecule has 0 aliphatic carbocycles. The molecule has 2 aromatic rings. The summed E-state index contributed by atoms with van der Waals surface area (Å²) in [4.78, 5) is 23.3. The number of nitrogen functional groups attached to an aromatic ring is 1. The molecule has 20 heavy (non-hydrogen) atoms. The number of ether oxygens (including phenoxy) is 1. The van der Waals surface area contributed by atoms with Crippen LogP contribution in [0, 0.1) is 0 Å². The van der Waals surface area contributed by atoms with Crippen molar-refractivity contribution in [3.05, 3.63) is 41.6 Å². The lowest BCUT2D eigenvalue weighted by atomic mass is 10.2. The third-order valence-corrected chi connectivity index (χ3v) is 2.64. The van der Waals surface area contributed by atoms with Gasteiger partial charge < -0.3 is 16.2 Å². The van der Waals surface area contributed by atoms with Crippen molar-refractivity contribution in [2.75, 3.05) is 12.3 Å². The molecule has 0 saturated carbocycles. The number of hydrogen-bond acceptors (Lipinski definition) is 5. The summed E-state index contributed by atoms with van der Waals surface area (Å²) in [5.74, 6) is -1.55. The highest BCUT2D eigenvalue weighted by Crippen LogP contribution is 2.21. The van der Waals surface area contributed by atoms with Crippen LogP contribution in [-0.4, -0.2) is 28.3 Å². The van der Waals surface area contributed by atoms with Crippen molar-refractivity contribution in [1.29, 1.82) is 0 Å². The molecule has 0 spiro atoms. The van der Waals surface area contributed by atoms with Crippen molar-refractivity contribution in [3.63, 3.8) is 0 Å². The largest absolute Gasteiger partial charge is 0.461 e. The standard InChI is InChI=1S/C13H14N4O3/c1-2-20-13(19)10-9(12(15)18)11(14)17(16-10)8-6-4-3-5-7-8/h3-7H,2,14H2,1H3,(H2,15,18). The maximum absolute atomic E-state index is 11.8. The third kappa shape index (κ3) is 2.33. The monoisotopic (exact) mass is 274 g/mol. The summed E-state index contributed by atoms with van der Waals surface area (Å²) in [5.41, 5.74) is 11.4. The van der Waals surface area contributed by atoms with E-state index in [1.54, 1.807) is 31.2 Å². The van der Waals surface area contributed by atoms with Crippen LogP contribution in [-0.2, 0) is 4.74 Å². The first-order valence-corrected chi connectivity index (χ1v) is 5.97. The topological polar surface area (TPSA) is 113 Å². The molecule has 2 rings (SSSR count). The highest BCUT2D eigenvalue weighted by atomic mass is 16.5. The van der Waals surface area contributed by atoms with E-state index in [0.29, 0.717) is 5.69 Å². The molecule has 104 valence electrons. The van der Waals surface area contributed by atoms with Gasteiger partial charge in [0, 0.05) is 0 Å². The van der Waals surface area contributed by atoms with E-state index in [-0.39, 0.29) is 23.7 Å². The summed E-state index contributed by atoms with van der Waals surface area (Å²) in [6.07, 6.45) is 0. The second-order valence-corrected chi connectivity index (χ2v) is 3.94. The van der Waals surface area contributed by atoms with Gasteiger partial charge in [-0.3, -0.25) is 4.79 Å². The molecule has 0 atom stereocenters. The second kappa shape index (κ2) is 5.43. The molecule has 0 aliphatic heterocycles. The summed E-state index contributed by atoms with van der Waals surface area (Å²) in [6, 6.07) is 8.87. The number of primary amides is 1. The van der Waals surface area contributed by atoms with Gasteiger partial charge in [-0.15, -0.1) is 0 Å². The number of para-hydroxylation sites is 1. The van der Waals surface area contributed by atoms with Gasteiger partial charge in [0.2, 0.25) is 0 Å². The lowest BCUT2D eigenvalue weighted by Gasteiger charge is -2.03. The molecule has 0 unspecified atom stereocenters. The Labute approximate surface area is 115 Å². The van der Waals surface area contributed by atoms with Crippen LogP contribution < -0.4 is 11.5 Å². The number of nitrogens with two attached hydrogens (primary N) is 2. The molecule has 7 heteroatoms. The number of hydrogen-bond donors (Lipinski definition) is 2. The van der Waals surface area contributed by atoms with Crippen molar-refractivity contribution < 1.29 is 14.3 Å². The lowest BCUT2D eigenvalue weighted by Crippen LogP contribution is -2.18. The number of benzene rings is 1. The Balaban J connectivity index is 2.59. The fourth-order valence-electron chi connectivity index (χ4n) is 1.78. The predicted molar refractivity (Wildman–Crippen MR) is 72.5 cm³/mol.